The molecule has 4 rings (SSSR count). The van der Waals surface area contributed by atoms with E-state index in [1.165, 1.54) is 50.9 Å². The number of fused-ring (bicyclic) bond motifs is 1. The average molecular weight is 339 g/mol. The van der Waals surface area contributed by atoms with E-state index in [2.05, 4.69) is 22.3 Å². The molecule has 0 atom stereocenters. The molecule has 1 saturated carbocycles. The fourth-order valence-electron chi connectivity index (χ4n) is 3.39. The zero-order chi connectivity index (χ0) is 14.8. The summed E-state index contributed by atoms with van der Waals surface area (Å²) in [5, 5.41) is 3.75. The smallest absolute Gasteiger partial charge is 0.161 e. The summed E-state index contributed by atoms with van der Waals surface area (Å²) in [7, 11) is 0. The molecular weight excluding hydrogens is 312 g/mol. The third kappa shape index (κ3) is 4.52. The van der Waals surface area contributed by atoms with E-state index >= 15 is 0 Å². The van der Waals surface area contributed by atoms with E-state index in [4.69, 9.17) is 9.47 Å². The van der Waals surface area contributed by atoms with Gasteiger partial charge >= 0.3 is 0 Å². The van der Waals surface area contributed by atoms with Gasteiger partial charge in [0.1, 0.15) is 13.2 Å². The third-order valence-corrected chi connectivity index (χ3v) is 4.99. The number of halogens is 1. The highest BCUT2D eigenvalue weighted by Crippen LogP contribution is 2.31. The van der Waals surface area contributed by atoms with Gasteiger partial charge in [0.15, 0.2) is 11.5 Å². The van der Waals surface area contributed by atoms with Gasteiger partial charge in [0.25, 0.3) is 0 Å². The van der Waals surface area contributed by atoms with Gasteiger partial charge in [0.05, 0.1) is 0 Å². The third-order valence-electron chi connectivity index (χ3n) is 4.99. The number of rotatable bonds is 5. The van der Waals surface area contributed by atoms with Crippen molar-refractivity contribution in [3.8, 4) is 11.5 Å². The average Bonchev–Trinajstić information content (AvgIpc) is 3.38. The van der Waals surface area contributed by atoms with Crippen LogP contribution in [-0.4, -0.2) is 43.8 Å². The van der Waals surface area contributed by atoms with Crippen LogP contribution in [0.1, 0.15) is 31.2 Å². The van der Waals surface area contributed by atoms with Crippen LogP contribution in [-0.2, 0) is 6.54 Å². The number of benzene rings is 1. The van der Waals surface area contributed by atoms with E-state index in [0.717, 1.165) is 30.0 Å². The van der Waals surface area contributed by atoms with E-state index in [1.54, 1.807) is 0 Å². The zero-order valence-corrected chi connectivity index (χ0v) is 14.4. The Morgan fingerprint density at radius 1 is 1.00 bits per heavy atom. The van der Waals surface area contributed by atoms with E-state index in [9.17, 15) is 0 Å². The van der Waals surface area contributed by atoms with Crippen molar-refractivity contribution in [2.45, 2.75) is 38.3 Å². The molecule has 3 aliphatic rings. The summed E-state index contributed by atoms with van der Waals surface area (Å²) in [5.74, 6) is 2.78. The van der Waals surface area contributed by atoms with Gasteiger partial charge in [0, 0.05) is 12.6 Å². The first kappa shape index (κ1) is 16.9. The standard InChI is InChI=1S/C18H26N2O2.ClH/c1-2-14(1)12-19-16-5-7-20(8-6-16)13-15-3-4-17-18(11-15)22-10-9-21-17;/h3-4,11,14,16,19H,1-2,5-10,12-13H2;1H. The molecule has 0 radical (unpaired) electrons. The molecule has 1 N–H and O–H groups in total. The molecule has 5 heteroatoms. The van der Waals surface area contributed by atoms with E-state index in [0.29, 0.717) is 13.2 Å². The molecule has 128 valence electrons. The molecule has 0 bridgehead atoms. The summed E-state index contributed by atoms with van der Waals surface area (Å²) in [6.07, 6.45) is 5.43. The summed E-state index contributed by atoms with van der Waals surface area (Å²) in [6.45, 7) is 5.97. The number of nitrogens with one attached hydrogen (secondary N) is 1. The van der Waals surface area contributed by atoms with Crippen molar-refractivity contribution in [2.75, 3.05) is 32.8 Å². The van der Waals surface area contributed by atoms with Gasteiger partial charge in [-0.1, -0.05) is 6.07 Å². The molecule has 1 saturated heterocycles. The Labute approximate surface area is 144 Å². The maximum Gasteiger partial charge on any atom is 0.161 e. The first-order valence-electron chi connectivity index (χ1n) is 8.71. The summed E-state index contributed by atoms with van der Waals surface area (Å²) < 4.78 is 11.3. The fraction of sp³-hybridized carbons (Fsp3) is 0.667. The first-order valence-corrected chi connectivity index (χ1v) is 8.71. The molecule has 1 aromatic rings. The highest BCUT2D eigenvalue weighted by molar-refractivity contribution is 5.85. The maximum absolute atomic E-state index is 5.68. The SMILES string of the molecule is Cl.c1cc2c(cc1CN1CCC(NCC3CC3)CC1)OCCO2. The topological polar surface area (TPSA) is 33.7 Å². The molecular formula is C18H27ClN2O2. The van der Waals surface area contributed by atoms with Gasteiger partial charge in [0.2, 0.25) is 0 Å². The predicted molar refractivity (Wildman–Crippen MR) is 93.7 cm³/mol. The zero-order valence-electron chi connectivity index (χ0n) is 13.6. The normalized spacial score (nSPS) is 21.7. The van der Waals surface area contributed by atoms with Crippen LogP contribution >= 0.6 is 12.4 Å². The van der Waals surface area contributed by atoms with Gasteiger partial charge in [-0.15, -0.1) is 12.4 Å². The lowest BCUT2D eigenvalue weighted by atomic mass is 10.0. The van der Waals surface area contributed by atoms with E-state index < -0.39 is 0 Å². The molecule has 0 spiro atoms. The van der Waals surface area contributed by atoms with E-state index in [1.807, 2.05) is 6.07 Å². The van der Waals surface area contributed by atoms with Crippen molar-refractivity contribution in [1.82, 2.24) is 10.2 Å². The Balaban J connectivity index is 0.00000156. The molecule has 1 aromatic carbocycles. The molecule has 0 unspecified atom stereocenters. The number of nitrogens with zero attached hydrogens (tertiary/aromatic N) is 1. The van der Waals surface area contributed by atoms with Gasteiger partial charge in [-0.2, -0.15) is 0 Å². The molecule has 2 fully saturated rings. The second kappa shape index (κ2) is 7.73. The maximum atomic E-state index is 5.68. The molecule has 2 heterocycles. The Morgan fingerprint density at radius 2 is 1.74 bits per heavy atom. The Bertz CT molecular complexity index is 514. The van der Waals surface area contributed by atoms with Crippen molar-refractivity contribution in [3.63, 3.8) is 0 Å². The number of hydrogen-bond acceptors (Lipinski definition) is 4. The van der Waals surface area contributed by atoms with Gasteiger partial charge in [-0.3, -0.25) is 4.90 Å². The molecule has 1 aliphatic carbocycles. The first-order chi connectivity index (χ1) is 10.9. The van der Waals surface area contributed by atoms with Crippen molar-refractivity contribution in [3.05, 3.63) is 23.8 Å². The number of hydrogen-bond donors (Lipinski definition) is 1. The second-order valence-corrected chi connectivity index (χ2v) is 6.88. The van der Waals surface area contributed by atoms with Crippen molar-refractivity contribution in [1.29, 1.82) is 0 Å². The van der Waals surface area contributed by atoms with Crippen molar-refractivity contribution < 1.29 is 9.47 Å². The van der Waals surface area contributed by atoms with Crippen LogP contribution in [0.25, 0.3) is 0 Å². The molecule has 0 amide bonds. The molecule has 2 aliphatic heterocycles. The van der Waals surface area contributed by atoms with Gasteiger partial charge < -0.3 is 14.8 Å². The van der Waals surface area contributed by atoms with Crippen LogP contribution in [0.3, 0.4) is 0 Å². The van der Waals surface area contributed by atoms with Crippen molar-refractivity contribution in [2.24, 2.45) is 5.92 Å². The predicted octanol–water partition coefficient (Wildman–Crippen LogP) is 2.84. The lowest BCUT2D eigenvalue weighted by molar-refractivity contribution is 0.169. The Hall–Kier alpha value is -0.970. The number of ether oxygens (including phenoxy) is 2. The minimum Gasteiger partial charge on any atom is -0.486 e. The monoisotopic (exact) mass is 338 g/mol. The van der Waals surface area contributed by atoms with Crippen molar-refractivity contribution >= 4 is 12.4 Å². The Kier molecular flexibility index (Phi) is 5.67. The highest BCUT2D eigenvalue weighted by Gasteiger charge is 2.24. The van der Waals surface area contributed by atoms with Gasteiger partial charge in [-0.25, -0.2) is 0 Å². The summed E-state index contributed by atoms with van der Waals surface area (Å²) in [5.41, 5.74) is 1.33. The molecule has 4 nitrogen and oxygen atoms in total. The second-order valence-electron chi connectivity index (χ2n) is 6.88. The Morgan fingerprint density at radius 3 is 2.48 bits per heavy atom. The quantitative estimate of drug-likeness (QED) is 0.895. The number of likely N-dealkylation sites (tertiary alicyclic amines) is 1. The molecule has 23 heavy (non-hydrogen) atoms. The van der Waals surface area contributed by atoms with Crippen LogP contribution in [0, 0.1) is 5.92 Å². The van der Waals surface area contributed by atoms with Crippen LogP contribution in [0.4, 0.5) is 0 Å². The summed E-state index contributed by atoms with van der Waals surface area (Å²) >= 11 is 0. The minimum atomic E-state index is 0. The minimum absolute atomic E-state index is 0. The van der Waals surface area contributed by atoms with Crippen LogP contribution in [0.15, 0.2) is 18.2 Å². The lowest BCUT2D eigenvalue weighted by Crippen LogP contribution is -2.42. The van der Waals surface area contributed by atoms with Gasteiger partial charge in [-0.05, 0) is 68.9 Å². The van der Waals surface area contributed by atoms with E-state index in [-0.39, 0.29) is 12.4 Å². The highest BCUT2D eigenvalue weighted by atomic mass is 35.5. The summed E-state index contributed by atoms with van der Waals surface area (Å²) in [4.78, 5) is 2.56. The lowest BCUT2D eigenvalue weighted by Gasteiger charge is -2.32. The summed E-state index contributed by atoms with van der Waals surface area (Å²) in [6, 6.07) is 7.10. The van der Waals surface area contributed by atoms with Crippen LogP contribution in [0.5, 0.6) is 11.5 Å². The van der Waals surface area contributed by atoms with Crippen LogP contribution in [0.2, 0.25) is 0 Å². The molecule has 0 aromatic heterocycles. The van der Waals surface area contributed by atoms with Crippen LogP contribution < -0.4 is 14.8 Å². The fourth-order valence-corrected chi connectivity index (χ4v) is 3.39. The number of piperidine rings is 1. The largest absolute Gasteiger partial charge is 0.486 e.